The van der Waals surface area contributed by atoms with Crippen molar-refractivity contribution in [3.8, 4) is 28.7 Å². The van der Waals surface area contributed by atoms with Gasteiger partial charge in [-0.15, -0.1) is 5.10 Å². The molecule has 0 saturated carbocycles. The summed E-state index contributed by atoms with van der Waals surface area (Å²) in [4.78, 5) is 28.3. The summed E-state index contributed by atoms with van der Waals surface area (Å²) in [6.45, 7) is 1.68. The fraction of sp³-hybridized carbons (Fsp3) is 0.200. The summed E-state index contributed by atoms with van der Waals surface area (Å²) < 4.78 is 12.1. The first kappa shape index (κ1) is 23.0. The Labute approximate surface area is 206 Å². The van der Waals surface area contributed by atoms with Crippen molar-refractivity contribution in [2.45, 2.75) is 19.3 Å². The highest BCUT2D eigenvalue weighted by molar-refractivity contribution is 5.95. The van der Waals surface area contributed by atoms with Crippen LogP contribution in [0.1, 0.15) is 29.2 Å². The van der Waals surface area contributed by atoms with Gasteiger partial charge in [0, 0.05) is 23.5 Å². The number of nitrogens with zero attached hydrogens (tertiary/aromatic N) is 5. The highest BCUT2D eigenvalue weighted by Crippen LogP contribution is 2.40. The van der Waals surface area contributed by atoms with E-state index in [0.29, 0.717) is 17.3 Å². The molecule has 182 valence electrons. The number of anilines is 1. The number of primary amides is 1. The lowest BCUT2D eigenvalue weighted by molar-refractivity contribution is -0.120. The highest BCUT2D eigenvalue weighted by atomic mass is 16.5. The van der Waals surface area contributed by atoms with Crippen molar-refractivity contribution in [2.75, 3.05) is 19.0 Å². The number of carbonyl (C=O) groups is 2. The summed E-state index contributed by atoms with van der Waals surface area (Å²) >= 11 is 0. The largest absolute Gasteiger partial charge is 0.497 e. The van der Waals surface area contributed by atoms with Gasteiger partial charge in [-0.05, 0) is 48.9 Å². The molecule has 0 radical (unpaired) electrons. The second kappa shape index (κ2) is 9.45. The average Bonchev–Trinajstić information content (AvgIpc) is 3.23. The van der Waals surface area contributed by atoms with Crippen LogP contribution in [0.15, 0.2) is 54.7 Å². The third kappa shape index (κ3) is 4.45. The molecule has 0 fully saturated rings. The topological polar surface area (TPSA) is 147 Å². The molecule has 2 amide bonds. The lowest BCUT2D eigenvalue weighted by Crippen LogP contribution is -2.25. The number of amides is 2. The second-order valence-electron chi connectivity index (χ2n) is 8.26. The van der Waals surface area contributed by atoms with E-state index in [1.807, 2.05) is 43.3 Å². The first-order valence-electron chi connectivity index (χ1n) is 11.2. The van der Waals surface area contributed by atoms with Gasteiger partial charge in [0.05, 0.1) is 24.7 Å². The number of carbonyl (C=O) groups excluding carboxylic acids is 2. The van der Waals surface area contributed by atoms with E-state index < -0.39 is 5.91 Å². The van der Waals surface area contributed by atoms with Crippen LogP contribution >= 0.6 is 0 Å². The molecule has 1 aliphatic heterocycles. The van der Waals surface area contributed by atoms with Crippen LogP contribution in [0.2, 0.25) is 0 Å². The van der Waals surface area contributed by atoms with Crippen molar-refractivity contribution in [1.82, 2.24) is 25.0 Å². The molecule has 5 rings (SSSR count). The monoisotopic (exact) mass is 485 g/mol. The third-order valence-electron chi connectivity index (χ3n) is 5.89. The Morgan fingerprint density at radius 1 is 1.14 bits per heavy atom. The number of benzene rings is 2. The SMILES string of the molecule is COc1ccc(-c2cnnc(-n3nc(C)c4c3NC(=O)CC4c3ccc(OCC(N)=O)cc3)n2)cc1. The molecule has 0 saturated heterocycles. The van der Waals surface area contributed by atoms with Crippen LogP contribution in [-0.2, 0) is 9.59 Å². The predicted octanol–water partition coefficient (Wildman–Crippen LogP) is 2.38. The van der Waals surface area contributed by atoms with Crippen molar-refractivity contribution >= 4 is 17.6 Å². The normalized spacial score (nSPS) is 14.6. The molecule has 2 aromatic carbocycles. The Bertz CT molecular complexity index is 1430. The Kier molecular flexibility index (Phi) is 6.03. The quantitative estimate of drug-likeness (QED) is 0.405. The average molecular weight is 486 g/mol. The van der Waals surface area contributed by atoms with E-state index in [4.69, 9.17) is 15.2 Å². The summed E-state index contributed by atoms with van der Waals surface area (Å²) in [5.74, 6) is 1.07. The molecule has 3 heterocycles. The molecule has 2 aromatic heterocycles. The van der Waals surface area contributed by atoms with Crippen LogP contribution < -0.4 is 20.5 Å². The fourth-order valence-electron chi connectivity index (χ4n) is 4.21. The summed E-state index contributed by atoms with van der Waals surface area (Å²) in [5.41, 5.74) is 9.10. The number of hydrogen-bond acceptors (Lipinski definition) is 8. The summed E-state index contributed by atoms with van der Waals surface area (Å²) in [7, 11) is 1.61. The van der Waals surface area contributed by atoms with Crippen molar-refractivity contribution in [3.63, 3.8) is 0 Å². The number of ether oxygens (including phenoxy) is 2. The van der Waals surface area contributed by atoms with Crippen LogP contribution in [0.5, 0.6) is 11.5 Å². The highest BCUT2D eigenvalue weighted by Gasteiger charge is 2.33. The fourth-order valence-corrected chi connectivity index (χ4v) is 4.21. The number of nitrogens with two attached hydrogens (primary N) is 1. The van der Waals surface area contributed by atoms with E-state index in [9.17, 15) is 9.59 Å². The number of methoxy groups -OCH3 is 1. The van der Waals surface area contributed by atoms with Gasteiger partial charge in [0.2, 0.25) is 5.91 Å². The number of rotatable bonds is 7. The molecule has 3 N–H and O–H groups in total. The molecule has 1 aliphatic rings. The van der Waals surface area contributed by atoms with Gasteiger partial charge < -0.3 is 20.5 Å². The van der Waals surface area contributed by atoms with Gasteiger partial charge in [-0.1, -0.05) is 12.1 Å². The zero-order valence-electron chi connectivity index (χ0n) is 19.6. The maximum absolute atomic E-state index is 12.7. The minimum Gasteiger partial charge on any atom is -0.497 e. The maximum atomic E-state index is 12.7. The van der Waals surface area contributed by atoms with E-state index in [-0.39, 0.29) is 30.8 Å². The molecule has 0 bridgehead atoms. The minimum absolute atomic E-state index is 0.151. The summed E-state index contributed by atoms with van der Waals surface area (Å²) in [5, 5.41) is 15.8. The summed E-state index contributed by atoms with van der Waals surface area (Å²) in [6.07, 6.45) is 1.82. The Morgan fingerprint density at radius 3 is 2.56 bits per heavy atom. The smallest absolute Gasteiger partial charge is 0.272 e. The third-order valence-corrected chi connectivity index (χ3v) is 5.89. The molecule has 4 aromatic rings. The molecule has 11 nitrogen and oxygen atoms in total. The van der Waals surface area contributed by atoms with E-state index in [0.717, 1.165) is 28.1 Å². The zero-order valence-corrected chi connectivity index (χ0v) is 19.6. The van der Waals surface area contributed by atoms with Gasteiger partial charge in [-0.3, -0.25) is 9.59 Å². The summed E-state index contributed by atoms with van der Waals surface area (Å²) in [6, 6.07) is 14.7. The van der Waals surface area contributed by atoms with Crippen molar-refractivity contribution in [1.29, 1.82) is 0 Å². The van der Waals surface area contributed by atoms with Crippen molar-refractivity contribution in [2.24, 2.45) is 5.73 Å². The van der Waals surface area contributed by atoms with Crippen LogP contribution in [-0.4, -0.2) is 50.5 Å². The van der Waals surface area contributed by atoms with Crippen molar-refractivity contribution in [3.05, 3.63) is 71.5 Å². The standard InChI is InChI=1S/C25H23N7O4/c1-14-23-19(15-3-9-18(10-4-15)36-13-21(26)33)11-22(34)29-24(23)32(31-14)25-28-20(12-27-30-25)16-5-7-17(35-2)8-6-16/h3-10,12,19H,11,13H2,1-2H3,(H2,26,33)(H,29,34). The minimum atomic E-state index is -0.552. The van der Waals surface area contributed by atoms with Crippen LogP contribution in [0.4, 0.5) is 5.82 Å². The number of aryl methyl sites for hydroxylation is 1. The first-order valence-corrected chi connectivity index (χ1v) is 11.2. The van der Waals surface area contributed by atoms with Gasteiger partial charge in [-0.25, -0.2) is 4.98 Å². The maximum Gasteiger partial charge on any atom is 0.272 e. The van der Waals surface area contributed by atoms with Crippen molar-refractivity contribution < 1.29 is 19.1 Å². The Morgan fingerprint density at radius 2 is 1.86 bits per heavy atom. The molecule has 1 unspecified atom stereocenters. The van der Waals surface area contributed by atoms with Gasteiger partial charge in [-0.2, -0.15) is 14.9 Å². The lowest BCUT2D eigenvalue weighted by Gasteiger charge is -2.24. The lowest BCUT2D eigenvalue weighted by atomic mass is 9.86. The second-order valence-corrected chi connectivity index (χ2v) is 8.26. The van der Waals surface area contributed by atoms with Crippen LogP contribution in [0.25, 0.3) is 17.2 Å². The number of hydrogen-bond donors (Lipinski definition) is 2. The molecule has 11 heteroatoms. The molecule has 0 aliphatic carbocycles. The molecule has 0 spiro atoms. The zero-order chi connectivity index (χ0) is 25.2. The number of aromatic nitrogens is 5. The van der Waals surface area contributed by atoms with E-state index >= 15 is 0 Å². The van der Waals surface area contributed by atoms with E-state index in [1.165, 1.54) is 4.68 Å². The van der Waals surface area contributed by atoms with Crippen LogP contribution in [0.3, 0.4) is 0 Å². The van der Waals surface area contributed by atoms with Gasteiger partial charge in [0.15, 0.2) is 6.61 Å². The number of fused-ring (bicyclic) bond motifs is 1. The van der Waals surface area contributed by atoms with Gasteiger partial charge in [0.1, 0.15) is 17.3 Å². The van der Waals surface area contributed by atoms with Crippen LogP contribution in [0, 0.1) is 6.92 Å². The van der Waals surface area contributed by atoms with Gasteiger partial charge >= 0.3 is 0 Å². The number of nitrogens with one attached hydrogen (secondary N) is 1. The Balaban J connectivity index is 1.49. The molecule has 36 heavy (non-hydrogen) atoms. The van der Waals surface area contributed by atoms with E-state index in [1.54, 1.807) is 25.4 Å². The van der Waals surface area contributed by atoms with E-state index in [2.05, 4.69) is 25.6 Å². The Hall–Kier alpha value is -4.80. The predicted molar refractivity (Wildman–Crippen MR) is 130 cm³/mol. The first-order chi connectivity index (χ1) is 17.4. The molecular formula is C25H23N7O4. The van der Waals surface area contributed by atoms with Gasteiger partial charge in [0.25, 0.3) is 11.9 Å². The molecule has 1 atom stereocenters. The molecular weight excluding hydrogens is 462 g/mol.